The smallest absolute Gasteiger partial charge is 0.317 e. The van der Waals surface area contributed by atoms with Gasteiger partial charge in [0, 0.05) is 23.2 Å². The van der Waals surface area contributed by atoms with Crippen molar-refractivity contribution < 1.29 is 14.3 Å². The lowest BCUT2D eigenvalue weighted by molar-refractivity contribution is 0.259. The summed E-state index contributed by atoms with van der Waals surface area (Å²) in [6.07, 6.45) is 1.56. The zero-order valence-corrected chi connectivity index (χ0v) is 13.6. The van der Waals surface area contributed by atoms with Gasteiger partial charge in [-0.1, -0.05) is 0 Å². The first-order chi connectivity index (χ1) is 12.0. The molecular weight excluding hydrogens is 324 g/mol. The highest BCUT2D eigenvalue weighted by atomic mass is 16.5. The first-order valence-corrected chi connectivity index (χ1v) is 7.23. The maximum Gasteiger partial charge on any atom is 0.317 e. The number of fused-ring (bicyclic) bond motifs is 1. The molecule has 0 bridgehead atoms. The third-order valence-corrected chi connectivity index (χ3v) is 3.49. The Kier molecular flexibility index (Phi) is 4.21. The fraction of sp³-hybridized carbons (Fsp3) is 0.125. The molecule has 0 saturated carbocycles. The Balaban J connectivity index is 2.26. The lowest BCUT2D eigenvalue weighted by Gasteiger charge is -2.13. The minimum Gasteiger partial charge on any atom is -0.497 e. The highest BCUT2D eigenvalue weighted by Crippen LogP contribution is 2.34. The van der Waals surface area contributed by atoms with Gasteiger partial charge in [-0.05, 0) is 23.8 Å². The molecule has 3 aromatic rings. The minimum atomic E-state index is -0.745. The summed E-state index contributed by atoms with van der Waals surface area (Å²) in [5, 5.41) is 3.16. The molecule has 9 heteroatoms. The van der Waals surface area contributed by atoms with E-state index >= 15 is 0 Å². The molecule has 1 aromatic carbocycles. The number of hydrogen-bond acceptors (Lipinski definition) is 7. The molecule has 2 heterocycles. The number of anilines is 2. The van der Waals surface area contributed by atoms with Gasteiger partial charge in [0.15, 0.2) is 5.65 Å². The largest absolute Gasteiger partial charge is 0.497 e. The number of aromatic nitrogens is 3. The highest BCUT2D eigenvalue weighted by Gasteiger charge is 2.14. The van der Waals surface area contributed by atoms with E-state index in [0.29, 0.717) is 33.7 Å². The number of methoxy groups -OCH3 is 2. The lowest BCUT2D eigenvalue weighted by atomic mass is 10.0. The number of nitrogens with two attached hydrogens (primary N) is 2. The summed E-state index contributed by atoms with van der Waals surface area (Å²) in [6, 6.07) is 6.35. The van der Waals surface area contributed by atoms with Crippen molar-refractivity contribution in [3.63, 3.8) is 0 Å². The average Bonchev–Trinajstić information content (AvgIpc) is 2.60. The number of pyridine rings is 1. The Morgan fingerprint density at radius 2 is 1.76 bits per heavy atom. The number of nitrogens with zero attached hydrogens (tertiary/aromatic N) is 3. The van der Waals surface area contributed by atoms with E-state index in [2.05, 4.69) is 20.3 Å². The standard InChI is InChI=1S/C16H16N6O3/c1-24-10-3-8(4-11(6-10)25-2)12-5-9-7-19-15(17)21-13(9)20-14(12)22-16(18)23/h3-7H,1-2H3,(H5,17,18,19,20,21,22,23). The summed E-state index contributed by atoms with van der Waals surface area (Å²) in [5.74, 6) is 1.51. The normalized spacial score (nSPS) is 10.5. The van der Waals surface area contributed by atoms with E-state index in [9.17, 15) is 4.79 Å². The van der Waals surface area contributed by atoms with Crippen LogP contribution < -0.4 is 26.3 Å². The topological polar surface area (TPSA) is 138 Å². The van der Waals surface area contributed by atoms with Gasteiger partial charge in [0.2, 0.25) is 5.95 Å². The fourth-order valence-electron chi connectivity index (χ4n) is 2.37. The Labute approximate surface area is 143 Å². The number of amides is 2. The van der Waals surface area contributed by atoms with Gasteiger partial charge in [0.05, 0.1) is 14.2 Å². The molecular formula is C16H16N6O3. The second kappa shape index (κ2) is 6.48. The van der Waals surface area contributed by atoms with Gasteiger partial charge in [-0.2, -0.15) is 4.98 Å². The summed E-state index contributed by atoms with van der Waals surface area (Å²) in [5.41, 5.74) is 12.5. The molecule has 0 aliphatic rings. The zero-order valence-electron chi connectivity index (χ0n) is 13.6. The van der Waals surface area contributed by atoms with E-state index in [0.717, 1.165) is 0 Å². The molecule has 3 rings (SSSR count). The summed E-state index contributed by atoms with van der Waals surface area (Å²) in [7, 11) is 3.10. The van der Waals surface area contributed by atoms with Gasteiger partial charge < -0.3 is 20.9 Å². The zero-order chi connectivity index (χ0) is 18.0. The van der Waals surface area contributed by atoms with Crippen LogP contribution in [0.3, 0.4) is 0 Å². The number of primary amides is 1. The maximum atomic E-state index is 11.4. The van der Waals surface area contributed by atoms with Crippen molar-refractivity contribution in [3.8, 4) is 22.6 Å². The molecule has 25 heavy (non-hydrogen) atoms. The minimum absolute atomic E-state index is 0.0841. The third kappa shape index (κ3) is 3.34. The molecule has 0 aliphatic carbocycles. The van der Waals surface area contributed by atoms with Crippen LogP contribution in [0.2, 0.25) is 0 Å². The van der Waals surface area contributed by atoms with Crippen molar-refractivity contribution in [1.82, 2.24) is 15.0 Å². The molecule has 0 radical (unpaired) electrons. The number of benzene rings is 1. The van der Waals surface area contributed by atoms with E-state index in [1.165, 1.54) is 0 Å². The summed E-state index contributed by atoms with van der Waals surface area (Å²) >= 11 is 0. The van der Waals surface area contributed by atoms with Gasteiger partial charge in [-0.3, -0.25) is 5.32 Å². The van der Waals surface area contributed by atoms with Crippen LogP contribution in [-0.4, -0.2) is 35.2 Å². The monoisotopic (exact) mass is 340 g/mol. The lowest BCUT2D eigenvalue weighted by Crippen LogP contribution is -2.20. The van der Waals surface area contributed by atoms with Crippen LogP contribution in [0.25, 0.3) is 22.2 Å². The molecule has 0 saturated heterocycles. The first-order valence-electron chi connectivity index (χ1n) is 7.23. The van der Waals surface area contributed by atoms with Gasteiger partial charge in [0.25, 0.3) is 0 Å². The molecule has 2 amide bonds. The molecule has 9 nitrogen and oxygen atoms in total. The van der Waals surface area contributed by atoms with Gasteiger partial charge in [-0.15, -0.1) is 0 Å². The van der Waals surface area contributed by atoms with E-state index in [-0.39, 0.29) is 11.8 Å². The Morgan fingerprint density at radius 3 is 2.36 bits per heavy atom. The number of nitrogens with one attached hydrogen (secondary N) is 1. The van der Waals surface area contributed by atoms with Crippen LogP contribution in [0.4, 0.5) is 16.6 Å². The summed E-state index contributed by atoms with van der Waals surface area (Å²) < 4.78 is 10.6. The van der Waals surface area contributed by atoms with Crippen molar-refractivity contribution in [3.05, 3.63) is 30.5 Å². The quantitative estimate of drug-likeness (QED) is 0.658. The Bertz CT molecular complexity index is 938. The summed E-state index contributed by atoms with van der Waals surface area (Å²) in [4.78, 5) is 23.7. The van der Waals surface area contributed by atoms with Crippen LogP contribution in [-0.2, 0) is 0 Å². The molecule has 0 atom stereocenters. The number of rotatable bonds is 4. The molecule has 0 aliphatic heterocycles. The third-order valence-electron chi connectivity index (χ3n) is 3.49. The maximum absolute atomic E-state index is 11.4. The number of urea groups is 1. The summed E-state index contributed by atoms with van der Waals surface area (Å²) in [6.45, 7) is 0. The average molecular weight is 340 g/mol. The van der Waals surface area contributed by atoms with E-state index in [1.807, 2.05) is 0 Å². The number of hydrogen-bond donors (Lipinski definition) is 3. The highest BCUT2D eigenvalue weighted by molar-refractivity contribution is 5.95. The van der Waals surface area contributed by atoms with Crippen molar-refractivity contribution >= 4 is 28.8 Å². The predicted molar refractivity (Wildman–Crippen MR) is 93.5 cm³/mol. The molecule has 0 unspecified atom stereocenters. The second-order valence-electron chi connectivity index (χ2n) is 5.12. The van der Waals surface area contributed by atoms with Gasteiger partial charge in [0.1, 0.15) is 17.3 Å². The molecule has 0 spiro atoms. The van der Waals surface area contributed by atoms with Gasteiger partial charge >= 0.3 is 6.03 Å². The molecule has 2 aromatic heterocycles. The Hall–Kier alpha value is -3.62. The SMILES string of the molecule is COc1cc(OC)cc(-c2cc3cnc(N)nc3nc2NC(N)=O)c1. The van der Waals surface area contributed by atoms with E-state index in [4.69, 9.17) is 20.9 Å². The van der Waals surface area contributed by atoms with Crippen LogP contribution in [0.1, 0.15) is 0 Å². The predicted octanol–water partition coefficient (Wildman–Crippen LogP) is 1.78. The Morgan fingerprint density at radius 1 is 1.08 bits per heavy atom. The number of ether oxygens (including phenoxy) is 2. The van der Waals surface area contributed by atoms with Crippen molar-refractivity contribution in [2.45, 2.75) is 0 Å². The van der Waals surface area contributed by atoms with Crippen LogP contribution in [0.5, 0.6) is 11.5 Å². The van der Waals surface area contributed by atoms with Crippen LogP contribution in [0.15, 0.2) is 30.5 Å². The van der Waals surface area contributed by atoms with Gasteiger partial charge in [-0.25, -0.2) is 14.8 Å². The van der Waals surface area contributed by atoms with E-state index < -0.39 is 6.03 Å². The van der Waals surface area contributed by atoms with E-state index in [1.54, 1.807) is 44.7 Å². The van der Waals surface area contributed by atoms with Crippen LogP contribution in [0, 0.1) is 0 Å². The second-order valence-corrected chi connectivity index (χ2v) is 5.12. The molecule has 0 fully saturated rings. The van der Waals surface area contributed by atoms with Crippen molar-refractivity contribution in [2.24, 2.45) is 5.73 Å². The van der Waals surface area contributed by atoms with Crippen molar-refractivity contribution in [1.29, 1.82) is 0 Å². The van der Waals surface area contributed by atoms with Crippen molar-refractivity contribution in [2.75, 3.05) is 25.3 Å². The molecule has 128 valence electrons. The number of nitrogen functional groups attached to an aromatic ring is 1. The first kappa shape index (κ1) is 16.2. The number of carbonyl (C=O) groups excluding carboxylic acids is 1. The molecule has 5 N–H and O–H groups in total. The number of carbonyl (C=O) groups is 1. The van der Waals surface area contributed by atoms with Crippen LogP contribution >= 0.6 is 0 Å². The fourth-order valence-corrected chi connectivity index (χ4v) is 2.37.